The van der Waals surface area contributed by atoms with Gasteiger partial charge in [-0.15, -0.1) is 0 Å². The Morgan fingerprint density at radius 3 is 2.55 bits per heavy atom. The van der Waals surface area contributed by atoms with Crippen molar-refractivity contribution in [2.45, 2.75) is 19.3 Å². The normalized spacial score (nSPS) is 16.5. The summed E-state index contributed by atoms with van der Waals surface area (Å²) in [4.78, 5) is 44.4. The first-order valence-electron chi connectivity index (χ1n) is 9.66. The van der Waals surface area contributed by atoms with Crippen molar-refractivity contribution in [3.63, 3.8) is 0 Å². The second kappa shape index (κ2) is 6.98. The summed E-state index contributed by atoms with van der Waals surface area (Å²) >= 11 is 0. The monoisotopic (exact) mass is 418 g/mol. The summed E-state index contributed by atoms with van der Waals surface area (Å²) in [5.74, 6) is -1.08. The highest BCUT2D eigenvalue weighted by atomic mass is 16.5. The lowest BCUT2D eigenvalue weighted by Crippen LogP contribution is -2.31. The zero-order valence-corrected chi connectivity index (χ0v) is 16.8. The number of carbonyl (C=O) groups excluding carboxylic acids is 2. The summed E-state index contributed by atoms with van der Waals surface area (Å²) in [5, 5.41) is 2.92. The molecule has 0 unspecified atom stereocenters. The number of benzene rings is 2. The number of hydrogen-bond donors (Lipinski definition) is 1. The van der Waals surface area contributed by atoms with Crippen molar-refractivity contribution in [3.8, 4) is 11.8 Å². The number of aryl methyl sites for hydroxylation is 1. The molecule has 1 aliphatic rings. The van der Waals surface area contributed by atoms with Crippen LogP contribution in [0, 0.1) is 6.92 Å². The molecule has 31 heavy (non-hydrogen) atoms. The number of carbonyl (C=O) groups is 2. The van der Waals surface area contributed by atoms with E-state index in [9.17, 15) is 14.4 Å². The fourth-order valence-electron chi connectivity index (χ4n) is 3.92. The zero-order valence-electron chi connectivity index (χ0n) is 16.8. The molecule has 0 bridgehead atoms. The second-order valence-corrected chi connectivity index (χ2v) is 7.28. The number of H-pyrrole nitrogens is 1. The fraction of sp³-hybridized carbons (Fsp3) is 0.182. The summed E-state index contributed by atoms with van der Waals surface area (Å²) in [5.41, 5.74) is 1.83. The van der Waals surface area contributed by atoms with Crippen LogP contribution in [0.1, 0.15) is 23.6 Å². The Morgan fingerprint density at radius 1 is 1.10 bits per heavy atom. The molecule has 1 fully saturated rings. The van der Waals surface area contributed by atoms with Crippen molar-refractivity contribution in [1.82, 2.24) is 14.8 Å². The van der Waals surface area contributed by atoms with Gasteiger partial charge < -0.3 is 9.15 Å². The van der Waals surface area contributed by atoms with Gasteiger partial charge in [-0.25, -0.2) is 4.90 Å². The number of nitrogens with one attached hydrogen (secondary N) is 1. The molecule has 3 heterocycles. The minimum Gasteiger partial charge on any atom is -0.497 e. The van der Waals surface area contributed by atoms with E-state index in [4.69, 9.17) is 9.15 Å². The van der Waals surface area contributed by atoms with Gasteiger partial charge in [0.05, 0.1) is 24.3 Å². The molecule has 1 atom stereocenters. The molecule has 0 saturated carbocycles. The average Bonchev–Trinajstić information content (AvgIpc) is 3.41. The van der Waals surface area contributed by atoms with Crippen LogP contribution in [0.3, 0.4) is 0 Å². The van der Waals surface area contributed by atoms with Crippen LogP contribution in [0.25, 0.3) is 17.1 Å². The molecule has 0 radical (unpaired) electrons. The third kappa shape index (κ3) is 2.93. The minimum atomic E-state index is -0.885. The van der Waals surface area contributed by atoms with E-state index in [1.807, 2.05) is 12.1 Å². The van der Waals surface area contributed by atoms with E-state index in [0.29, 0.717) is 28.2 Å². The van der Waals surface area contributed by atoms with E-state index in [-0.39, 0.29) is 23.9 Å². The molecular formula is C22H18N4O5. The first-order chi connectivity index (χ1) is 15.0. The molecule has 2 aromatic carbocycles. The predicted octanol–water partition coefficient (Wildman–Crippen LogP) is 2.67. The highest BCUT2D eigenvalue weighted by Gasteiger charge is 2.43. The van der Waals surface area contributed by atoms with Crippen molar-refractivity contribution < 1.29 is 18.7 Å². The van der Waals surface area contributed by atoms with Gasteiger partial charge in [0.1, 0.15) is 11.3 Å². The van der Waals surface area contributed by atoms with Gasteiger partial charge in [0.15, 0.2) is 5.58 Å². The lowest BCUT2D eigenvalue weighted by atomic mass is 9.98. The molecule has 9 heteroatoms. The van der Waals surface area contributed by atoms with E-state index < -0.39 is 17.4 Å². The number of anilines is 1. The Hall–Kier alpha value is -4.14. The Kier molecular flexibility index (Phi) is 4.25. The molecule has 9 nitrogen and oxygen atoms in total. The summed E-state index contributed by atoms with van der Waals surface area (Å²) < 4.78 is 12.0. The third-order valence-corrected chi connectivity index (χ3v) is 5.42. The van der Waals surface area contributed by atoms with E-state index in [1.165, 1.54) is 11.8 Å². The predicted molar refractivity (Wildman–Crippen MR) is 112 cm³/mol. The van der Waals surface area contributed by atoms with Crippen molar-refractivity contribution in [2.75, 3.05) is 12.0 Å². The molecule has 1 aliphatic heterocycles. The van der Waals surface area contributed by atoms with Gasteiger partial charge in [0.2, 0.25) is 11.8 Å². The van der Waals surface area contributed by atoms with Crippen molar-refractivity contribution >= 4 is 28.6 Å². The van der Waals surface area contributed by atoms with Crippen LogP contribution in [-0.4, -0.2) is 33.7 Å². The number of oxazole rings is 1. The number of aromatic amines is 1. The van der Waals surface area contributed by atoms with Gasteiger partial charge in [-0.05, 0) is 43.3 Å². The van der Waals surface area contributed by atoms with Crippen LogP contribution >= 0.6 is 0 Å². The number of fused-ring (bicyclic) bond motifs is 1. The SMILES string of the molecule is COc1ccc(N2C(=O)C[C@H](c3c(C)[nH]n(-c4nc5ccccc5o4)c3=O)C2=O)cc1. The number of nitrogens with zero attached hydrogens (tertiary/aromatic N) is 3. The van der Waals surface area contributed by atoms with Crippen molar-refractivity contribution in [3.05, 3.63) is 70.1 Å². The summed E-state index contributed by atoms with van der Waals surface area (Å²) in [6, 6.07) is 13.8. The maximum Gasteiger partial charge on any atom is 0.325 e. The number of rotatable bonds is 4. The molecule has 5 rings (SSSR count). The Morgan fingerprint density at radius 2 is 1.84 bits per heavy atom. The second-order valence-electron chi connectivity index (χ2n) is 7.28. The number of ether oxygens (including phenoxy) is 1. The molecule has 1 saturated heterocycles. The fourth-order valence-corrected chi connectivity index (χ4v) is 3.92. The Balaban J connectivity index is 1.52. The van der Waals surface area contributed by atoms with Crippen molar-refractivity contribution in [2.24, 2.45) is 0 Å². The Bertz CT molecular complexity index is 1350. The van der Waals surface area contributed by atoms with Gasteiger partial charge in [0.25, 0.3) is 5.56 Å². The van der Waals surface area contributed by atoms with E-state index >= 15 is 0 Å². The molecule has 2 amide bonds. The average molecular weight is 418 g/mol. The van der Waals surface area contributed by atoms with Crippen molar-refractivity contribution in [1.29, 1.82) is 0 Å². The first kappa shape index (κ1) is 18.9. The molecule has 0 spiro atoms. The number of hydrogen-bond acceptors (Lipinski definition) is 6. The number of amides is 2. The van der Waals surface area contributed by atoms with Crippen LogP contribution in [0.15, 0.2) is 57.7 Å². The first-order valence-corrected chi connectivity index (χ1v) is 9.66. The standard InChI is InChI=1S/C22H18N4O5/c1-12-19(21(29)26(24-12)22-23-16-5-3-4-6-17(16)31-22)15-11-18(27)25(20(15)28)13-7-9-14(30-2)10-8-13/h3-10,15,24H,11H2,1-2H3/t15-/m1/s1. The van der Waals surface area contributed by atoms with Gasteiger partial charge >= 0.3 is 6.01 Å². The molecule has 0 aliphatic carbocycles. The molecular weight excluding hydrogens is 400 g/mol. The summed E-state index contributed by atoms with van der Waals surface area (Å²) in [6.07, 6.45) is -0.0909. The maximum atomic E-state index is 13.2. The smallest absolute Gasteiger partial charge is 0.325 e. The summed E-state index contributed by atoms with van der Waals surface area (Å²) in [7, 11) is 1.54. The number of methoxy groups -OCH3 is 1. The van der Waals surface area contributed by atoms with Gasteiger partial charge in [0, 0.05) is 12.1 Å². The lowest BCUT2D eigenvalue weighted by molar-refractivity contribution is -0.121. The van der Waals surface area contributed by atoms with Gasteiger partial charge in [-0.1, -0.05) is 12.1 Å². The van der Waals surface area contributed by atoms with E-state index in [2.05, 4.69) is 10.1 Å². The highest BCUT2D eigenvalue weighted by Crippen LogP contribution is 2.34. The van der Waals surface area contributed by atoms with Gasteiger partial charge in [-0.3, -0.25) is 19.5 Å². The number of aromatic nitrogens is 3. The molecule has 2 aromatic heterocycles. The number of imide groups is 1. The maximum absolute atomic E-state index is 13.2. The molecule has 4 aromatic rings. The van der Waals surface area contributed by atoms with E-state index in [0.717, 1.165) is 4.90 Å². The third-order valence-electron chi connectivity index (χ3n) is 5.42. The number of para-hydroxylation sites is 2. The summed E-state index contributed by atoms with van der Waals surface area (Å²) in [6.45, 7) is 1.68. The van der Waals surface area contributed by atoms with Crippen LogP contribution in [0.4, 0.5) is 5.69 Å². The van der Waals surface area contributed by atoms with Crippen LogP contribution in [-0.2, 0) is 9.59 Å². The molecule has 1 N–H and O–H groups in total. The topological polar surface area (TPSA) is 110 Å². The molecule has 156 valence electrons. The zero-order chi connectivity index (χ0) is 21.7. The van der Waals surface area contributed by atoms with Crippen LogP contribution < -0.4 is 15.2 Å². The van der Waals surface area contributed by atoms with Crippen LogP contribution in [0.2, 0.25) is 0 Å². The Labute approximate surface area is 175 Å². The minimum absolute atomic E-state index is 0.0735. The lowest BCUT2D eigenvalue weighted by Gasteiger charge is -2.15. The highest BCUT2D eigenvalue weighted by molar-refractivity contribution is 6.22. The largest absolute Gasteiger partial charge is 0.497 e. The van der Waals surface area contributed by atoms with Crippen LogP contribution in [0.5, 0.6) is 5.75 Å². The van der Waals surface area contributed by atoms with Gasteiger partial charge in [-0.2, -0.15) is 9.67 Å². The quantitative estimate of drug-likeness (QED) is 0.510. The van der Waals surface area contributed by atoms with E-state index in [1.54, 1.807) is 43.3 Å².